The summed E-state index contributed by atoms with van der Waals surface area (Å²) in [7, 11) is 3.90. The van der Waals surface area contributed by atoms with Gasteiger partial charge in [0.15, 0.2) is 5.96 Å². The fraction of sp³-hybridized carbons (Fsp3) is 0.611. The Bertz CT molecular complexity index is 554. The van der Waals surface area contributed by atoms with Gasteiger partial charge in [-0.3, -0.25) is 4.99 Å². The first-order valence-corrected chi connectivity index (χ1v) is 8.38. The lowest BCUT2D eigenvalue weighted by molar-refractivity contribution is 0.181. The van der Waals surface area contributed by atoms with Gasteiger partial charge in [-0.1, -0.05) is 12.1 Å². The van der Waals surface area contributed by atoms with Crippen molar-refractivity contribution >= 4 is 29.9 Å². The Balaban J connectivity index is 0.00000208. The van der Waals surface area contributed by atoms with E-state index in [1.165, 1.54) is 5.56 Å². The van der Waals surface area contributed by atoms with Crippen molar-refractivity contribution in [2.45, 2.75) is 24.7 Å². The molecule has 1 aromatic carbocycles. The standard InChI is InChI=1S/C18H26FN3O.HI/c1-20-17(22(2)11-14-7-10-23-12-14)21-13-18(8-9-18)15-3-5-16(19)6-4-15;/h3-6,14H,7-13H2,1-2H3,(H,20,21);1H. The number of guanidine groups is 1. The summed E-state index contributed by atoms with van der Waals surface area (Å²) in [6.07, 6.45) is 3.41. The van der Waals surface area contributed by atoms with Crippen LogP contribution in [0, 0.1) is 11.7 Å². The Kier molecular flexibility index (Phi) is 6.86. The summed E-state index contributed by atoms with van der Waals surface area (Å²) in [6.45, 7) is 3.53. The van der Waals surface area contributed by atoms with Crippen LogP contribution in [-0.2, 0) is 10.2 Å². The lowest BCUT2D eigenvalue weighted by Gasteiger charge is -2.26. The highest BCUT2D eigenvalue weighted by molar-refractivity contribution is 14.0. The van der Waals surface area contributed by atoms with Crippen LogP contribution in [0.4, 0.5) is 4.39 Å². The number of ether oxygens (including phenoxy) is 1. The molecule has 6 heteroatoms. The van der Waals surface area contributed by atoms with Gasteiger partial charge in [0.1, 0.15) is 5.82 Å². The molecule has 4 nitrogen and oxygen atoms in total. The minimum atomic E-state index is -0.174. The average molecular weight is 447 g/mol. The molecule has 1 aromatic rings. The van der Waals surface area contributed by atoms with Gasteiger partial charge in [0.2, 0.25) is 0 Å². The van der Waals surface area contributed by atoms with Crippen LogP contribution in [0.2, 0.25) is 0 Å². The largest absolute Gasteiger partial charge is 0.381 e. The zero-order valence-electron chi connectivity index (χ0n) is 14.4. The molecular formula is C18H27FIN3O. The first kappa shape index (κ1) is 19.4. The number of hydrogen-bond donors (Lipinski definition) is 1. The van der Waals surface area contributed by atoms with E-state index < -0.39 is 0 Å². The van der Waals surface area contributed by atoms with E-state index in [0.717, 1.165) is 51.5 Å². The lowest BCUT2D eigenvalue weighted by atomic mass is 9.96. The number of hydrogen-bond acceptors (Lipinski definition) is 2. The molecule has 0 aromatic heterocycles. The molecular weight excluding hydrogens is 420 g/mol. The fourth-order valence-corrected chi connectivity index (χ4v) is 3.36. The number of aliphatic imine (C=N–C) groups is 1. The minimum absolute atomic E-state index is 0. The van der Waals surface area contributed by atoms with Gasteiger partial charge < -0.3 is 15.0 Å². The minimum Gasteiger partial charge on any atom is -0.381 e. The van der Waals surface area contributed by atoms with E-state index in [-0.39, 0.29) is 35.2 Å². The molecule has 24 heavy (non-hydrogen) atoms. The van der Waals surface area contributed by atoms with Crippen molar-refractivity contribution in [2.75, 3.05) is 40.4 Å². The van der Waals surface area contributed by atoms with Crippen molar-refractivity contribution in [1.29, 1.82) is 0 Å². The van der Waals surface area contributed by atoms with E-state index in [0.29, 0.717) is 5.92 Å². The molecule has 0 amide bonds. The SMILES string of the molecule is CN=C(NCC1(c2ccc(F)cc2)CC1)N(C)CC1CCOC1.I. The van der Waals surface area contributed by atoms with Gasteiger partial charge in [-0.15, -0.1) is 24.0 Å². The molecule has 1 aliphatic carbocycles. The Hall–Kier alpha value is -0.890. The third kappa shape index (κ3) is 4.59. The van der Waals surface area contributed by atoms with Crippen LogP contribution < -0.4 is 5.32 Å². The van der Waals surface area contributed by atoms with Crippen molar-refractivity contribution in [2.24, 2.45) is 10.9 Å². The van der Waals surface area contributed by atoms with E-state index in [1.54, 1.807) is 12.1 Å². The van der Waals surface area contributed by atoms with E-state index in [2.05, 4.69) is 22.3 Å². The monoisotopic (exact) mass is 447 g/mol. The third-order valence-corrected chi connectivity index (χ3v) is 5.02. The molecule has 2 fully saturated rings. The van der Waals surface area contributed by atoms with E-state index in [9.17, 15) is 4.39 Å². The van der Waals surface area contributed by atoms with Crippen LogP contribution in [-0.4, -0.2) is 51.3 Å². The lowest BCUT2D eigenvalue weighted by Crippen LogP contribution is -2.44. The molecule has 1 aliphatic heterocycles. The highest BCUT2D eigenvalue weighted by Gasteiger charge is 2.44. The molecule has 0 bridgehead atoms. The van der Waals surface area contributed by atoms with Crippen molar-refractivity contribution in [1.82, 2.24) is 10.2 Å². The van der Waals surface area contributed by atoms with Gasteiger partial charge in [0, 0.05) is 45.1 Å². The van der Waals surface area contributed by atoms with E-state index in [1.807, 2.05) is 19.2 Å². The quantitative estimate of drug-likeness (QED) is 0.429. The first-order valence-electron chi connectivity index (χ1n) is 8.38. The zero-order chi connectivity index (χ0) is 16.3. The maximum absolute atomic E-state index is 13.1. The van der Waals surface area contributed by atoms with Crippen molar-refractivity contribution in [3.63, 3.8) is 0 Å². The molecule has 1 saturated heterocycles. The summed E-state index contributed by atoms with van der Waals surface area (Å²) in [5.41, 5.74) is 1.36. The number of benzene rings is 1. The van der Waals surface area contributed by atoms with Gasteiger partial charge >= 0.3 is 0 Å². The van der Waals surface area contributed by atoms with Gasteiger partial charge in [-0.05, 0) is 37.0 Å². The molecule has 1 saturated carbocycles. The summed E-state index contributed by atoms with van der Waals surface area (Å²) in [5, 5.41) is 3.50. The third-order valence-electron chi connectivity index (χ3n) is 5.02. The number of nitrogens with zero attached hydrogens (tertiary/aromatic N) is 2. The van der Waals surface area contributed by atoms with Crippen LogP contribution in [0.5, 0.6) is 0 Å². The summed E-state index contributed by atoms with van der Waals surface area (Å²) in [4.78, 5) is 6.58. The van der Waals surface area contributed by atoms with Gasteiger partial charge in [0.25, 0.3) is 0 Å². The van der Waals surface area contributed by atoms with Crippen LogP contribution >= 0.6 is 24.0 Å². The van der Waals surface area contributed by atoms with Gasteiger partial charge in [-0.25, -0.2) is 4.39 Å². The highest BCUT2D eigenvalue weighted by Crippen LogP contribution is 2.47. The summed E-state index contributed by atoms with van der Waals surface area (Å²) < 4.78 is 18.6. The summed E-state index contributed by atoms with van der Waals surface area (Å²) in [5.74, 6) is 1.34. The zero-order valence-corrected chi connectivity index (χ0v) is 16.8. The smallest absolute Gasteiger partial charge is 0.193 e. The number of halogens is 2. The summed E-state index contributed by atoms with van der Waals surface area (Å²) >= 11 is 0. The predicted octanol–water partition coefficient (Wildman–Crippen LogP) is 3.02. The van der Waals surface area contributed by atoms with Crippen molar-refractivity contribution < 1.29 is 9.13 Å². The maximum Gasteiger partial charge on any atom is 0.193 e. The summed E-state index contributed by atoms with van der Waals surface area (Å²) in [6, 6.07) is 6.92. The predicted molar refractivity (Wildman–Crippen MR) is 106 cm³/mol. The van der Waals surface area contributed by atoms with Crippen molar-refractivity contribution in [3.8, 4) is 0 Å². The second-order valence-corrected chi connectivity index (χ2v) is 6.80. The van der Waals surface area contributed by atoms with E-state index >= 15 is 0 Å². The van der Waals surface area contributed by atoms with Crippen molar-refractivity contribution in [3.05, 3.63) is 35.6 Å². The molecule has 1 N–H and O–H groups in total. The van der Waals surface area contributed by atoms with Crippen LogP contribution in [0.25, 0.3) is 0 Å². The van der Waals surface area contributed by atoms with Gasteiger partial charge in [0.05, 0.1) is 6.61 Å². The van der Waals surface area contributed by atoms with Crippen LogP contribution in [0.15, 0.2) is 29.3 Å². The molecule has 2 aliphatic rings. The molecule has 1 unspecified atom stereocenters. The normalized spacial score (nSPS) is 22.0. The molecule has 1 heterocycles. The number of nitrogens with one attached hydrogen (secondary N) is 1. The molecule has 3 rings (SSSR count). The maximum atomic E-state index is 13.1. The second-order valence-electron chi connectivity index (χ2n) is 6.80. The molecule has 134 valence electrons. The highest BCUT2D eigenvalue weighted by atomic mass is 127. The second kappa shape index (κ2) is 8.47. The Morgan fingerprint density at radius 3 is 2.62 bits per heavy atom. The van der Waals surface area contributed by atoms with E-state index in [4.69, 9.17) is 4.74 Å². The average Bonchev–Trinajstić information content (AvgIpc) is 3.16. The van der Waals surface area contributed by atoms with Gasteiger partial charge in [-0.2, -0.15) is 0 Å². The Labute approximate surface area is 160 Å². The topological polar surface area (TPSA) is 36.9 Å². The Morgan fingerprint density at radius 1 is 1.38 bits per heavy atom. The molecule has 0 spiro atoms. The first-order chi connectivity index (χ1) is 11.1. The molecule has 0 radical (unpaired) electrons. The molecule has 1 atom stereocenters. The van der Waals surface area contributed by atoms with Crippen LogP contribution in [0.1, 0.15) is 24.8 Å². The van der Waals surface area contributed by atoms with Crippen LogP contribution in [0.3, 0.4) is 0 Å². The fourth-order valence-electron chi connectivity index (χ4n) is 3.36. The number of rotatable bonds is 5. The Morgan fingerprint density at radius 2 is 2.08 bits per heavy atom.